The van der Waals surface area contributed by atoms with Crippen LogP contribution < -0.4 is 0 Å². The Kier molecular flexibility index (Phi) is 1.17. The molecule has 3 nitrogen and oxygen atoms in total. The van der Waals surface area contributed by atoms with E-state index in [0.717, 1.165) is 5.71 Å². The Morgan fingerprint density at radius 2 is 2.38 bits per heavy atom. The first-order valence-corrected chi connectivity index (χ1v) is 2.46. The summed E-state index contributed by atoms with van der Waals surface area (Å²) in [5, 5.41) is 19.2. The third-order valence-electron chi connectivity index (χ3n) is 1.29. The molecule has 0 bridgehead atoms. The van der Waals surface area contributed by atoms with Crippen molar-refractivity contribution >= 4 is 5.71 Å². The summed E-state index contributed by atoms with van der Waals surface area (Å²) in [5.74, 6) is 0.112. The Hall–Kier alpha value is -1.04. The summed E-state index contributed by atoms with van der Waals surface area (Å²) in [6, 6.07) is 2.07. The van der Waals surface area contributed by atoms with Gasteiger partial charge in [-0.05, 0) is 0 Å². The highest BCUT2D eigenvalue weighted by Gasteiger charge is 2.24. The largest absolute Gasteiger partial charge is 0.411 e. The first-order chi connectivity index (χ1) is 3.86. The first kappa shape index (κ1) is 5.10. The van der Waals surface area contributed by atoms with Crippen LogP contribution in [0.15, 0.2) is 5.16 Å². The van der Waals surface area contributed by atoms with Gasteiger partial charge in [0.15, 0.2) is 0 Å². The zero-order valence-corrected chi connectivity index (χ0v) is 4.33. The van der Waals surface area contributed by atoms with Gasteiger partial charge in [-0.1, -0.05) is 5.16 Å². The van der Waals surface area contributed by atoms with E-state index < -0.39 is 0 Å². The van der Waals surface area contributed by atoms with Crippen LogP contribution in [0.1, 0.15) is 12.8 Å². The van der Waals surface area contributed by atoms with Gasteiger partial charge < -0.3 is 5.21 Å². The third kappa shape index (κ3) is 0.648. The lowest BCUT2D eigenvalue weighted by atomic mass is 9.85. The summed E-state index contributed by atoms with van der Waals surface area (Å²) in [6.45, 7) is 0. The maximum absolute atomic E-state index is 8.21. The van der Waals surface area contributed by atoms with E-state index in [0.29, 0.717) is 12.8 Å². The van der Waals surface area contributed by atoms with Crippen LogP contribution >= 0.6 is 0 Å². The lowest BCUT2D eigenvalue weighted by Crippen LogP contribution is -2.21. The quantitative estimate of drug-likeness (QED) is 0.369. The van der Waals surface area contributed by atoms with E-state index in [2.05, 4.69) is 11.2 Å². The smallest absolute Gasteiger partial charge is 0.0663 e. The van der Waals surface area contributed by atoms with Crippen LogP contribution in [0.25, 0.3) is 0 Å². The van der Waals surface area contributed by atoms with Crippen molar-refractivity contribution in [1.82, 2.24) is 0 Å². The zero-order valence-electron chi connectivity index (χ0n) is 4.33. The van der Waals surface area contributed by atoms with Gasteiger partial charge in [-0.3, -0.25) is 0 Å². The molecule has 0 unspecified atom stereocenters. The van der Waals surface area contributed by atoms with Crippen LogP contribution in [0.5, 0.6) is 0 Å². The van der Waals surface area contributed by atoms with E-state index in [1.54, 1.807) is 0 Å². The molecular formula is C5H6N2O. The Labute approximate surface area is 47.2 Å². The fourth-order valence-corrected chi connectivity index (χ4v) is 0.682. The third-order valence-corrected chi connectivity index (χ3v) is 1.29. The van der Waals surface area contributed by atoms with Gasteiger partial charge in [-0.25, -0.2) is 0 Å². The van der Waals surface area contributed by atoms with E-state index in [1.165, 1.54) is 0 Å². The minimum absolute atomic E-state index is 0.112. The minimum atomic E-state index is 0.112. The molecule has 3 heteroatoms. The summed E-state index contributed by atoms with van der Waals surface area (Å²) in [4.78, 5) is 0. The first-order valence-electron chi connectivity index (χ1n) is 2.46. The molecule has 42 valence electrons. The maximum Gasteiger partial charge on any atom is 0.0663 e. The Morgan fingerprint density at radius 1 is 1.75 bits per heavy atom. The van der Waals surface area contributed by atoms with Crippen LogP contribution in [-0.2, 0) is 0 Å². The van der Waals surface area contributed by atoms with E-state index in [-0.39, 0.29) is 5.92 Å². The summed E-state index contributed by atoms with van der Waals surface area (Å²) >= 11 is 0. The van der Waals surface area contributed by atoms with Crippen LogP contribution in [0.3, 0.4) is 0 Å². The molecule has 1 N–H and O–H groups in total. The zero-order chi connectivity index (χ0) is 5.98. The molecule has 0 aromatic carbocycles. The SMILES string of the molecule is N#CC1CC(=NO)C1. The van der Waals surface area contributed by atoms with E-state index in [4.69, 9.17) is 10.5 Å². The van der Waals surface area contributed by atoms with E-state index in [9.17, 15) is 0 Å². The number of oxime groups is 1. The second-order valence-corrected chi connectivity index (χ2v) is 1.90. The van der Waals surface area contributed by atoms with Gasteiger partial charge in [0.2, 0.25) is 0 Å². The second-order valence-electron chi connectivity index (χ2n) is 1.90. The van der Waals surface area contributed by atoms with Crippen molar-refractivity contribution < 1.29 is 5.21 Å². The van der Waals surface area contributed by atoms with Gasteiger partial charge in [-0.2, -0.15) is 5.26 Å². The van der Waals surface area contributed by atoms with Crippen molar-refractivity contribution in [3.05, 3.63) is 0 Å². The Bertz CT molecular complexity index is 148. The molecular weight excluding hydrogens is 104 g/mol. The van der Waals surface area contributed by atoms with Crippen molar-refractivity contribution in [2.45, 2.75) is 12.8 Å². The number of hydrogen-bond donors (Lipinski definition) is 1. The number of hydrogen-bond acceptors (Lipinski definition) is 3. The van der Waals surface area contributed by atoms with Gasteiger partial charge >= 0.3 is 0 Å². The summed E-state index contributed by atoms with van der Waals surface area (Å²) in [5.41, 5.74) is 0.747. The molecule has 0 aromatic heterocycles. The molecule has 1 rings (SSSR count). The molecule has 1 saturated carbocycles. The lowest BCUT2D eigenvalue weighted by molar-refractivity contribution is 0.310. The number of nitriles is 1. The second kappa shape index (κ2) is 1.83. The predicted octanol–water partition coefficient (Wildman–Crippen LogP) is 0.750. The molecule has 0 atom stereocenters. The predicted molar refractivity (Wildman–Crippen MR) is 27.6 cm³/mol. The molecule has 0 spiro atoms. The molecule has 0 saturated heterocycles. The summed E-state index contributed by atoms with van der Waals surface area (Å²) in [7, 11) is 0. The summed E-state index contributed by atoms with van der Waals surface area (Å²) < 4.78 is 0. The highest BCUT2D eigenvalue weighted by atomic mass is 16.4. The normalized spacial score (nSPS) is 25.9. The van der Waals surface area contributed by atoms with Crippen LogP contribution in [-0.4, -0.2) is 10.9 Å². The average Bonchev–Trinajstić information content (AvgIpc) is 1.65. The van der Waals surface area contributed by atoms with Crippen LogP contribution in [0.4, 0.5) is 0 Å². The highest BCUT2D eigenvalue weighted by Crippen LogP contribution is 2.22. The minimum Gasteiger partial charge on any atom is -0.411 e. The molecule has 1 aliphatic carbocycles. The van der Waals surface area contributed by atoms with Crippen LogP contribution in [0.2, 0.25) is 0 Å². The van der Waals surface area contributed by atoms with Gasteiger partial charge in [0.05, 0.1) is 17.7 Å². The molecule has 1 fully saturated rings. The molecule has 8 heavy (non-hydrogen) atoms. The van der Waals surface area contributed by atoms with Gasteiger partial charge in [0.25, 0.3) is 0 Å². The standard InChI is InChI=1S/C5H6N2O/c6-3-4-1-5(2-4)7-8/h4,8H,1-2H2. The van der Waals surface area contributed by atoms with Crippen molar-refractivity contribution in [3.8, 4) is 6.07 Å². The van der Waals surface area contributed by atoms with Crippen molar-refractivity contribution in [2.24, 2.45) is 11.1 Å². The topological polar surface area (TPSA) is 56.4 Å². The molecule has 0 aromatic rings. The van der Waals surface area contributed by atoms with Gasteiger partial charge in [-0.15, -0.1) is 0 Å². The highest BCUT2D eigenvalue weighted by molar-refractivity contribution is 5.90. The van der Waals surface area contributed by atoms with E-state index >= 15 is 0 Å². The van der Waals surface area contributed by atoms with Crippen molar-refractivity contribution in [1.29, 1.82) is 5.26 Å². The molecule has 0 radical (unpaired) electrons. The molecule has 0 aliphatic heterocycles. The van der Waals surface area contributed by atoms with Crippen molar-refractivity contribution in [3.63, 3.8) is 0 Å². The van der Waals surface area contributed by atoms with Gasteiger partial charge in [0, 0.05) is 12.8 Å². The summed E-state index contributed by atoms with van der Waals surface area (Å²) in [6.07, 6.45) is 1.32. The number of nitrogens with zero attached hydrogens (tertiary/aromatic N) is 2. The van der Waals surface area contributed by atoms with Gasteiger partial charge in [0.1, 0.15) is 0 Å². The fraction of sp³-hybridized carbons (Fsp3) is 0.600. The number of rotatable bonds is 0. The maximum atomic E-state index is 8.21. The van der Waals surface area contributed by atoms with E-state index in [1.807, 2.05) is 0 Å². The Morgan fingerprint density at radius 3 is 2.75 bits per heavy atom. The molecule has 1 aliphatic rings. The lowest BCUT2D eigenvalue weighted by Gasteiger charge is -2.18. The van der Waals surface area contributed by atoms with Crippen LogP contribution in [0, 0.1) is 17.2 Å². The average molecular weight is 110 g/mol. The monoisotopic (exact) mass is 110 g/mol. The Balaban J connectivity index is 2.35. The molecule has 0 heterocycles. The van der Waals surface area contributed by atoms with Crippen molar-refractivity contribution in [2.75, 3.05) is 0 Å². The fourth-order valence-electron chi connectivity index (χ4n) is 0.682. The molecule has 0 amide bonds.